The van der Waals surface area contributed by atoms with E-state index >= 15 is 0 Å². The van der Waals surface area contributed by atoms with E-state index in [1.807, 2.05) is 15.5 Å². The maximum Gasteiger partial charge on any atom is 0.332 e. The number of fused-ring (bicyclic) bond motifs is 3. The van der Waals surface area contributed by atoms with Crippen molar-refractivity contribution in [3.8, 4) is 5.75 Å². The van der Waals surface area contributed by atoms with Crippen LogP contribution >= 0.6 is 11.6 Å². The molecule has 27 heavy (non-hydrogen) atoms. The summed E-state index contributed by atoms with van der Waals surface area (Å²) in [5.41, 5.74) is 0.821. The number of aryl methyl sites for hydroxylation is 1. The SMILES string of the molecule is COc1ccc(Cl)cc1N1C[C@H](C)Cn2c1nc1c2c(=O)n(C)c(=O)n1C. The van der Waals surface area contributed by atoms with E-state index in [0.29, 0.717) is 41.0 Å². The van der Waals surface area contributed by atoms with E-state index in [1.54, 1.807) is 26.3 Å². The van der Waals surface area contributed by atoms with Crippen LogP contribution in [0.2, 0.25) is 5.02 Å². The maximum atomic E-state index is 12.8. The van der Waals surface area contributed by atoms with Crippen LogP contribution in [0.1, 0.15) is 6.92 Å². The molecule has 4 rings (SSSR count). The summed E-state index contributed by atoms with van der Waals surface area (Å²) in [6.07, 6.45) is 0. The molecule has 3 heterocycles. The molecule has 1 aliphatic rings. The van der Waals surface area contributed by atoms with E-state index in [2.05, 4.69) is 11.9 Å². The Hall–Kier alpha value is -2.74. The summed E-state index contributed by atoms with van der Waals surface area (Å²) in [5.74, 6) is 1.51. The second-order valence-corrected chi connectivity index (χ2v) is 7.37. The first-order valence-electron chi connectivity index (χ1n) is 8.60. The zero-order valence-electron chi connectivity index (χ0n) is 15.6. The van der Waals surface area contributed by atoms with Gasteiger partial charge in [0.25, 0.3) is 5.56 Å². The summed E-state index contributed by atoms with van der Waals surface area (Å²) in [7, 11) is 4.70. The minimum absolute atomic E-state index is 0.250. The Balaban J connectivity index is 2.06. The lowest BCUT2D eigenvalue weighted by Gasteiger charge is -2.33. The molecule has 0 spiro atoms. The first-order valence-corrected chi connectivity index (χ1v) is 8.98. The molecule has 0 aliphatic carbocycles. The van der Waals surface area contributed by atoms with Gasteiger partial charge in [-0.05, 0) is 24.1 Å². The third-order valence-corrected chi connectivity index (χ3v) is 5.22. The van der Waals surface area contributed by atoms with Gasteiger partial charge in [0.05, 0.1) is 12.8 Å². The molecule has 1 aliphatic heterocycles. The molecule has 0 radical (unpaired) electrons. The fourth-order valence-corrected chi connectivity index (χ4v) is 3.82. The van der Waals surface area contributed by atoms with Crippen LogP contribution < -0.4 is 20.9 Å². The lowest BCUT2D eigenvalue weighted by Crippen LogP contribution is -2.38. The van der Waals surface area contributed by atoms with E-state index < -0.39 is 5.69 Å². The number of aromatic nitrogens is 4. The number of benzene rings is 1. The van der Waals surface area contributed by atoms with Crippen LogP contribution in [-0.4, -0.2) is 32.3 Å². The van der Waals surface area contributed by atoms with Gasteiger partial charge >= 0.3 is 5.69 Å². The summed E-state index contributed by atoms with van der Waals surface area (Å²) in [4.78, 5) is 31.7. The molecule has 0 saturated carbocycles. The van der Waals surface area contributed by atoms with Crippen LogP contribution in [0.25, 0.3) is 11.2 Å². The summed E-state index contributed by atoms with van der Waals surface area (Å²) >= 11 is 6.22. The molecule has 9 heteroatoms. The average molecular weight is 390 g/mol. The van der Waals surface area contributed by atoms with Gasteiger partial charge in [0, 0.05) is 32.2 Å². The number of halogens is 1. The smallest absolute Gasteiger partial charge is 0.332 e. The molecule has 0 saturated heterocycles. The number of ether oxygens (including phenoxy) is 1. The van der Waals surface area contributed by atoms with Crippen molar-refractivity contribution in [3.05, 3.63) is 44.1 Å². The van der Waals surface area contributed by atoms with Crippen molar-refractivity contribution in [2.75, 3.05) is 18.6 Å². The third kappa shape index (κ3) is 2.55. The molecule has 0 fully saturated rings. The van der Waals surface area contributed by atoms with Gasteiger partial charge in [0.2, 0.25) is 5.95 Å². The largest absolute Gasteiger partial charge is 0.495 e. The highest BCUT2D eigenvalue weighted by Gasteiger charge is 2.30. The summed E-state index contributed by atoms with van der Waals surface area (Å²) in [6.45, 7) is 3.43. The first kappa shape index (κ1) is 17.7. The number of hydrogen-bond acceptors (Lipinski definition) is 5. The number of nitrogens with zero attached hydrogens (tertiary/aromatic N) is 5. The van der Waals surface area contributed by atoms with E-state index in [1.165, 1.54) is 11.6 Å². The highest BCUT2D eigenvalue weighted by molar-refractivity contribution is 6.31. The molecule has 2 aromatic heterocycles. The van der Waals surface area contributed by atoms with Gasteiger partial charge in [-0.2, -0.15) is 4.98 Å². The maximum absolute atomic E-state index is 12.8. The fourth-order valence-electron chi connectivity index (χ4n) is 3.66. The normalized spacial score (nSPS) is 16.6. The minimum atomic E-state index is -0.400. The molecule has 0 amide bonds. The Morgan fingerprint density at radius 3 is 2.63 bits per heavy atom. The molecule has 1 atom stereocenters. The summed E-state index contributed by atoms with van der Waals surface area (Å²) in [6, 6.07) is 5.39. The Kier molecular flexibility index (Phi) is 4.03. The molecular formula is C18H20ClN5O3. The molecule has 0 N–H and O–H groups in total. The summed E-state index contributed by atoms with van der Waals surface area (Å²) in [5, 5.41) is 0.579. The third-order valence-electron chi connectivity index (χ3n) is 4.99. The molecule has 1 aromatic carbocycles. The molecule has 0 bridgehead atoms. The predicted molar refractivity (Wildman–Crippen MR) is 104 cm³/mol. The van der Waals surface area contributed by atoms with Gasteiger partial charge in [0.1, 0.15) is 5.75 Å². The first-order chi connectivity index (χ1) is 12.8. The van der Waals surface area contributed by atoms with Crippen molar-refractivity contribution in [1.29, 1.82) is 0 Å². The second-order valence-electron chi connectivity index (χ2n) is 6.93. The van der Waals surface area contributed by atoms with Gasteiger partial charge in [-0.3, -0.25) is 13.9 Å². The number of imidazole rings is 1. The second kappa shape index (κ2) is 6.16. The van der Waals surface area contributed by atoms with Crippen LogP contribution in [0.4, 0.5) is 11.6 Å². The Morgan fingerprint density at radius 2 is 1.93 bits per heavy atom. The van der Waals surface area contributed by atoms with E-state index in [-0.39, 0.29) is 11.5 Å². The lowest BCUT2D eigenvalue weighted by molar-refractivity contribution is 0.409. The zero-order chi connectivity index (χ0) is 19.5. The highest BCUT2D eigenvalue weighted by atomic mass is 35.5. The van der Waals surface area contributed by atoms with Crippen LogP contribution in [0.3, 0.4) is 0 Å². The van der Waals surface area contributed by atoms with Gasteiger partial charge < -0.3 is 14.2 Å². The van der Waals surface area contributed by atoms with Gasteiger partial charge in [0.15, 0.2) is 11.2 Å². The van der Waals surface area contributed by atoms with Crippen LogP contribution in [0.5, 0.6) is 5.75 Å². The Bertz CT molecular complexity index is 1180. The minimum Gasteiger partial charge on any atom is -0.495 e. The van der Waals surface area contributed by atoms with Crippen molar-refractivity contribution in [2.45, 2.75) is 13.5 Å². The van der Waals surface area contributed by atoms with Crippen molar-refractivity contribution >= 4 is 34.4 Å². The molecule has 142 valence electrons. The lowest BCUT2D eigenvalue weighted by atomic mass is 10.1. The molecule has 3 aromatic rings. The van der Waals surface area contributed by atoms with Gasteiger partial charge in [-0.25, -0.2) is 4.79 Å². The van der Waals surface area contributed by atoms with Crippen LogP contribution in [0, 0.1) is 5.92 Å². The molecule has 0 unspecified atom stereocenters. The van der Waals surface area contributed by atoms with Crippen molar-refractivity contribution < 1.29 is 4.74 Å². The highest BCUT2D eigenvalue weighted by Crippen LogP contribution is 2.39. The Morgan fingerprint density at radius 1 is 1.19 bits per heavy atom. The van der Waals surface area contributed by atoms with Gasteiger partial charge in [-0.1, -0.05) is 18.5 Å². The monoisotopic (exact) mass is 389 g/mol. The topological polar surface area (TPSA) is 74.3 Å². The van der Waals surface area contributed by atoms with Gasteiger partial charge in [-0.15, -0.1) is 0 Å². The van der Waals surface area contributed by atoms with E-state index in [4.69, 9.17) is 16.3 Å². The standard InChI is InChI=1S/C18H20ClN5O3/c1-10-8-23(12-7-11(19)5-6-13(12)27-4)17-20-15-14(24(17)9-10)16(25)22(3)18(26)21(15)2/h5-7,10H,8-9H2,1-4H3/t10-/m0/s1. The Labute approximate surface area is 160 Å². The van der Waals surface area contributed by atoms with Crippen LogP contribution in [0.15, 0.2) is 27.8 Å². The molecule has 8 nitrogen and oxygen atoms in total. The van der Waals surface area contributed by atoms with E-state index in [0.717, 1.165) is 10.3 Å². The number of rotatable bonds is 2. The van der Waals surface area contributed by atoms with Crippen molar-refractivity contribution in [2.24, 2.45) is 20.0 Å². The average Bonchev–Trinajstić information content (AvgIpc) is 3.03. The fraction of sp³-hybridized carbons (Fsp3) is 0.389. The quantitative estimate of drug-likeness (QED) is 0.669. The number of methoxy groups -OCH3 is 1. The molecular weight excluding hydrogens is 370 g/mol. The number of anilines is 2. The van der Waals surface area contributed by atoms with Crippen molar-refractivity contribution in [1.82, 2.24) is 18.7 Å². The zero-order valence-corrected chi connectivity index (χ0v) is 16.3. The van der Waals surface area contributed by atoms with E-state index in [9.17, 15) is 9.59 Å². The van der Waals surface area contributed by atoms with Crippen molar-refractivity contribution in [3.63, 3.8) is 0 Å². The van der Waals surface area contributed by atoms with Crippen LogP contribution in [-0.2, 0) is 20.6 Å². The predicted octanol–water partition coefficient (Wildman–Crippen LogP) is 1.88. The number of hydrogen-bond donors (Lipinski definition) is 0. The summed E-state index contributed by atoms with van der Waals surface area (Å²) < 4.78 is 9.90.